The van der Waals surface area contributed by atoms with Crippen LogP contribution in [0.5, 0.6) is 0 Å². The van der Waals surface area contributed by atoms with Gasteiger partial charge in [-0.1, -0.05) is 41.9 Å². The molecule has 1 unspecified atom stereocenters. The SMILES string of the molecule is CCn1c(C(=O)NC(C)c2ccccc2)cc2sc(Cl)cc21. The Balaban J connectivity index is 1.87. The van der Waals surface area contributed by atoms with E-state index in [1.165, 1.54) is 11.3 Å². The number of halogens is 1. The average molecular weight is 333 g/mol. The molecule has 0 saturated heterocycles. The van der Waals surface area contributed by atoms with Crippen LogP contribution in [0.15, 0.2) is 42.5 Å². The Hall–Kier alpha value is -1.78. The van der Waals surface area contributed by atoms with Crippen LogP contribution >= 0.6 is 22.9 Å². The number of fused-ring (bicyclic) bond motifs is 1. The van der Waals surface area contributed by atoms with Crippen LogP contribution in [0.4, 0.5) is 0 Å². The first-order valence-corrected chi connectivity index (χ1v) is 8.44. The van der Waals surface area contributed by atoms with Gasteiger partial charge >= 0.3 is 0 Å². The number of nitrogens with zero attached hydrogens (tertiary/aromatic N) is 1. The van der Waals surface area contributed by atoms with Crippen LogP contribution in [0.1, 0.15) is 35.9 Å². The van der Waals surface area contributed by atoms with Gasteiger partial charge in [0, 0.05) is 6.54 Å². The Labute approximate surface area is 138 Å². The second-order valence-electron chi connectivity index (χ2n) is 5.18. The van der Waals surface area contributed by atoms with Crippen LogP contribution in [0.2, 0.25) is 4.34 Å². The van der Waals surface area contributed by atoms with Gasteiger partial charge < -0.3 is 9.88 Å². The topological polar surface area (TPSA) is 34.0 Å². The molecule has 3 nitrogen and oxygen atoms in total. The fourth-order valence-corrected chi connectivity index (χ4v) is 3.81. The van der Waals surface area contributed by atoms with E-state index in [0.29, 0.717) is 5.69 Å². The third-order valence-electron chi connectivity index (χ3n) is 3.76. The zero-order valence-corrected chi connectivity index (χ0v) is 14.0. The van der Waals surface area contributed by atoms with Gasteiger partial charge in [0.1, 0.15) is 5.69 Å². The summed E-state index contributed by atoms with van der Waals surface area (Å²) in [7, 11) is 0. The molecule has 1 N–H and O–H groups in total. The Morgan fingerprint density at radius 1 is 1.32 bits per heavy atom. The van der Waals surface area contributed by atoms with Crippen molar-refractivity contribution in [2.75, 3.05) is 0 Å². The number of hydrogen-bond acceptors (Lipinski definition) is 2. The molecule has 0 bridgehead atoms. The van der Waals surface area contributed by atoms with Crippen molar-refractivity contribution in [3.05, 3.63) is 58.1 Å². The Bertz CT molecular complexity index is 807. The molecule has 5 heteroatoms. The van der Waals surface area contributed by atoms with Crippen molar-refractivity contribution < 1.29 is 4.79 Å². The van der Waals surface area contributed by atoms with Gasteiger partial charge in [0.15, 0.2) is 0 Å². The third-order valence-corrected chi connectivity index (χ3v) is 4.96. The molecule has 0 spiro atoms. The van der Waals surface area contributed by atoms with Gasteiger partial charge in [0.05, 0.1) is 20.6 Å². The molecule has 1 aromatic carbocycles. The van der Waals surface area contributed by atoms with Gasteiger partial charge in [-0.15, -0.1) is 11.3 Å². The van der Waals surface area contributed by atoms with Crippen molar-refractivity contribution in [3.63, 3.8) is 0 Å². The third kappa shape index (κ3) is 2.76. The van der Waals surface area contributed by atoms with Crippen LogP contribution in [0.3, 0.4) is 0 Å². The lowest BCUT2D eigenvalue weighted by atomic mass is 10.1. The Kier molecular flexibility index (Phi) is 4.23. The summed E-state index contributed by atoms with van der Waals surface area (Å²) in [5.41, 5.74) is 2.80. The van der Waals surface area contributed by atoms with Crippen LogP contribution < -0.4 is 5.32 Å². The highest BCUT2D eigenvalue weighted by molar-refractivity contribution is 7.22. The lowest BCUT2D eigenvalue weighted by Gasteiger charge is -2.15. The summed E-state index contributed by atoms with van der Waals surface area (Å²) in [5.74, 6) is -0.0577. The lowest BCUT2D eigenvalue weighted by Crippen LogP contribution is -2.28. The van der Waals surface area contributed by atoms with E-state index >= 15 is 0 Å². The number of carbonyl (C=O) groups excluding carboxylic acids is 1. The predicted octanol–water partition coefficient (Wildman–Crippen LogP) is 4.87. The summed E-state index contributed by atoms with van der Waals surface area (Å²) in [6.45, 7) is 4.76. The summed E-state index contributed by atoms with van der Waals surface area (Å²) >= 11 is 7.55. The fourth-order valence-electron chi connectivity index (χ4n) is 2.64. The van der Waals surface area contributed by atoms with E-state index in [2.05, 4.69) is 5.32 Å². The molecule has 2 aromatic heterocycles. The van der Waals surface area contributed by atoms with E-state index in [-0.39, 0.29) is 11.9 Å². The maximum absolute atomic E-state index is 12.6. The number of aryl methyl sites for hydroxylation is 1. The Morgan fingerprint density at radius 3 is 2.73 bits per heavy atom. The molecule has 2 heterocycles. The van der Waals surface area contributed by atoms with Crippen molar-refractivity contribution in [1.29, 1.82) is 0 Å². The summed E-state index contributed by atoms with van der Waals surface area (Å²) in [5, 5.41) is 3.06. The van der Waals surface area contributed by atoms with Gasteiger partial charge in [-0.2, -0.15) is 0 Å². The minimum Gasteiger partial charge on any atom is -0.344 e. The highest BCUT2D eigenvalue weighted by atomic mass is 35.5. The number of aromatic nitrogens is 1. The minimum absolute atomic E-state index is 0.0319. The smallest absolute Gasteiger partial charge is 0.268 e. The normalized spacial score (nSPS) is 12.5. The molecule has 0 saturated carbocycles. The van der Waals surface area contributed by atoms with Crippen molar-refractivity contribution in [3.8, 4) is 0 Å². The fraction of sp³-hybridized carbons (Fsp3) is 0.235. The first kappa shape index (κ1) is 15.1. The first-order chi connectivity index (χ1) is 10.6. The van der Waals surface area contributed by atoms with Crippen molar-refractivity contribution in [2.45, 2.75) is 26.4 Å². The highest BCUT2D eigenvalue weighted by Gasteiger charge is 2.18. The van der Waals surface area contributed by atoms with Gasteiger partial charge in [-0.05, 0) is 31.5 Å². The van der Waals surface area contributed by atoms with Crippen LogP contribution in [-0.2, 0) is 6.54 Å². The average Bonchev–Trinajstić information content (AvgIpc) is 3.03. The molecule has 0 aliphatic carbocycles. The number of thiophene rings is 1. The maximum Gasteiger partial charge on any atom is 0.268 e. The number of rotatable bonds is 4. The molecule has 1 atom stereocenters. The van der Waals surface area contributed by atoms with Gasteiger partial charge in [-0.3, -0.25) is 4.79 Å². The number of hydrogen-bond donors (Lipinski definition) is 1. The van der Waals surface area contributed by atoms with Gasteiger partial charge in [0.2, 0.25) is 0 Å². The molecular weight excluding hydrogens is 316 g/mol. The minimum atomic E-state index is -0.0577. The number of benzene rings is 1. The summed E-state index contributed by atoms with van der Waals surface area (Å²) in [6, 6.07) is 13.8. The highest BCUT2D eigenvalue weighted by Crippen LogP contribution is 2.32. The van der Waals surface area contributed by atoms with E-state index in [0.717, 1.165) is 26.7 Å². The predicted molar refractivity (Wildman–Crippen MR) is 92.8 cm³/mol. The molecule has 3 rings (SSSR count). The van der Waals surface area contributed by atoms with Crippen molar-refractivity contribution in [1.82, 2.24) is 9.88 Å². The zero-order chi connectivity index (χ0) is 15.7. The molecule has 0 radical (unpaired) electrons. The molecule has 1 amide bonds. The molecule has 0 fully saturated rings. The summed E-state index contributed by atoms with van der Waals surface area (Å²) < 4.78 is 3.80. The molecular formula is C17H17ClN2OS. The van der Waals surface area contributed by atoms with E-state index in [4.69, 9.17) is 11.6 Å². The number of amides is 1. The summed E-state index contributed by atoms with van der Waals surface area (Å²) in [6.07, 6.45) is 0. The van der Waals surface area contributed by atoms with E-state index in [9.17, 15) is 4.79 Å². The Morgan fingerprint density at radius 2 is 2.05 bits per heavy atom. The van der Waals surface area contributed by atoms with Crippen molar-refractivity contribution >= 4 is 39.1 Å². The second kappa shape index (κ2) is 6.15. The van der Waals surface area contributed by atoms with E-state index in [1.807, 2.05) is 60.9 Å². The number of carbonyl (C=O) groups is 1. The van der Waals surface area contributed by atoms with Gasteiger partial charge in [0.25, 0.3) is 5.91 Å². The van der Waals surface area contributed by atoms with Crippen LogP contribution in [0, 0.1) is 0 Å². The molecule has 114 valence electrons. The van der Waals surface area contributed by atoms with Crippen molar-refractivity contribution in [2.24, 2.45) is 0 Å². The number of nitrogens with one attached hydrogen (secondary N) is 1. The largest absolute Gasteiger partial charge is 0.344 e. The van der Waals surface area contributed by atoms with Gasteiger partial charge in [-0.25, -0.2) is 0 Å². The van der Waals surface area contributed by atoms with E-state index in [1.54, 1.807) is 0 Å². The van der Waals surface area contributed by atoms with E-state index < -0.39 is 0 Å². The maximum atomic E-state index is 12.6. The summed E-state index contributed by atoms with van der Waals surface area (Å²) in [4.78, 5) is 12.6. The molecule has 3 aromatic rings. The van der Waals surface area contributed by atoms with Crippen LogP contribution in [-0.4, -0.2) is 10.5 Å². The van der Waals surface area contributed by atoms with Crippen LogP contribution in [0.25, 0.3) is 10.2 Å². The quantitative estimate of drug-likeness (QED) is 0.726. The standard InChI is InChI=1S/C17H17ClN2OS/c1-3-20-13-10-16(18)22-15(13)9-14(20)17(21)19-11(2)12-7-5-4-6-8-12/h4-11H,3H2,1-2H3,(H,19,21). The molecule has 0 aliphatic rings. The molecule has 0 aliphatic heterocycles. The molecule has 22 heavy (non-hydrogen) atoms. The first-order valence-electron chi connectivity index (χ1n) is 7.24. The lowest BCUT2D eigenvalue weighted by molar-refractivity contribution is 0.0931. The monoisotopic (exact) mass is 332 g/mol. The zero-order valence-electron chi connectivity index (χ0n) is 12.5. The second-order valence-corrected chi connectivity index (χ2v) is 6.89.